The molecule has 9 heavy (non-hydrogen) atoms. The van der Waals surface area contributed by atoms with Crippen LogP contribution in [0, 0.1) is 0 Å². The molecule has 3 nitrogen and oxygen atoms in total. The number of hydrogen-bond donors (Lipinski definition) is 3. The molecule has 0 heterocycles. The summed E-state index contributed by atoms with van der Waals surface area (Å²) in [6.45, 7) is 3.73. The van der Waals surface area contributed by atoms with Crippen molar-refractivity contribution in [2.75, 3.05) is 0 Å². The topological polar surface area (TPSA) is 57.5 Å². The Morgan fingerprint density at radius 1 is 1.78 bits per heavy atom. The summed E-state index contributed by atoms with van der Waals surface area (Å²) < 4.78 is 16.3. The van der Waals surface area contributed by atoms with Crippen molar-refractivity contribution in [2.24, 2.45) is 0 Å². The maximum atomic E-state index is 8.96. The van der Waals surface area contributed by atoms with Crippen LogP contribution < -0.4 is 0 Å². The normalized spacial score (nSPS) is 15.1. The second-order valence-corrected chi connectivity index (χ2v) is 2.91. The van der Waals surface area contributed by atoms with Gasteiger partial charge >= 0.3 is 0 Å². The molecule has 0 radical (unpaired) electrons. The zero-order chi connectivity index (χ0) is 7.86. The van der Waals surface area contributed by atoms with Crippen LogP contribution in [0.2, 0.25) is 0 Å². The van der Waals surface area contributed by atoms with Gasteiger partial charge in [-0.3, -0.25) is 0 Å². The van der Waals surface area contributed by atoms with Gasteiger partial charge in [-0.2, -0.15) is 0 Å². The molecule has 0 bridgehead atoms. The first-order valence-electron chi connectivity index (χ1n) is 2.52. The molecule has 2 N–H and O–H groups in total. The molecule has 5 heteroatoms. The van der Waals surface area contributed by atoms with Crippen LogP contribution in [0.1, 0.15) is 20.3 Å². The summed E-state index contributed by atoms with van der Waals surface area (Å²) in [5.74, 6) is 0. The quantitative estimate of drug-likeness (QED) is 0.494. The lowest BCUT2D eigenvalue weighted by atomic mass is 10.3. The lowest BCUT2D eigenvalue weighted by Crippen LogP contribution is -1.93. The summed E-state index contributed by atoms with van der Waals surface area (Å²) in [6.07, 6.45) is 0.745. The van der Waals surface area contributed by atoms with E-state index in [1.54, 1.807) is 6.92 Å². The molecule has 0 rings (SSSR count). The molecule has 2 unspecified atom stereocenters. The van der Waals surface area contributed by atoms with E-state index in [1.807, 2.05) is 6.92 Å². The van der Waals surface area contributed by atoms with Crippen molar-refractivity contribution in [3.8, 4) is 0 Å². The van der Waals surface area contributed by atoms with E-state index >= 15 is 0 Å². The van der Waals surface area contributed by atoms with Gasteiger partial charge in [0, 0.05) is 11.2 Å². The third kappa shape index (κ3) is 62.5. The summed E-state index contributed by atoms with van der Waals surface area (Å²) in [6, 6.07) is 0. The highest BCUT2D eigenvalue weighted by Gasteiger charge is 1.81. The zero-order valence-corrected chi connectivity index (χ0v) is 7.15. The van der Waals surface area contributed by atoms with Gasteiger partial charge in [-0.05, 0) is 13.3 Å². The Kier molecular flexibility index (Phi) is 11.1. The molecule has 0 spiro atoms. The van der Waals surface area contributed by atoms with Gasteiger partial charge in [0.05, 0.1) is 6.10 Å². The summed E-state index contributed by atoms with van der Waals surface area (Å²) >= 11 is 3.69. The molecular formula is C4H12O3S2. The van der Waals surface area contributed by atoms with Gasteiger partial charge in [-0.1, -0.05) is 6.92 Å². The minimum atomic E-state index is -2.29. The largest absolute Gasteiger partial charge is 0.393 e. The van der Waals surface area contributed by atoms with Crippen LogP contribution in [0.4, 0.5) is 0 Å². The van der Waals surface area contributed by atoms with E-state index in [0.717, 1.165) is 6.42 Å². The summed E-state index contributed by atoms with van der Waals surface area (Å²) in [5.41, 5.74) is 0. The first-order chi connectivity index (χ1) is 4.00. The van der Waals surface area contributed by atoms with Crippen molar-refractivity contribution in [3.05, 3.63) is 0 Å². The number of thiol groups is 1. The zero-order valence-electron chi connectivity index (χ0n) is 5.44. The molecule has 0 saturated heterocycles. The highest BCUT2D eigenvalue weighted by atomic mass is 32.8. The number of aliphatic hydroxyl groups is 1. The average molecular weight is 172 g/mol. The number of rotatable bonds is 1. The smallest absolute Gasteiger partial charge is 0.130 e. The minimum Gasteiger partial charge on any atom is -0.393 e. The SMILES string of the molecule is CCC(C)O.O=[SH](O)=S. The molecule has 0 saturated carbocycles. The van der Waals surface area contributed by atoms with Crippen molar-refractivity contribution in [1.29, 1.82) is 0 Å². The maximum Gasteiger partial charge on any atom is 0.130 e. The Morgan fingerprint density at radius 2 is 1.89 bits per heavy atom. The van der Waals surface area contributed by atoms with Gasteiger partial charge in [0.1, 0.15) is 9.64 Å². The maximum absolute atomic E-state index is 8.96. The fourth-order valence-corrected chi connectivity index (χ4v) is 0. The fraction of sp³-hybridized carbons (Fsp3) is 1.00. The van der Waals surface area contributed by atoms with E-state index in [2.05, 4.69) is 11.2 Å². The molecule has 0 amide bonds. The van der Waals surface area contributed by atoms with Crippen molar-refractivity contribution in [2.45, 2.75) is 26.4 Å². The van der Waals surface area contributed by atoms with Crippen molar-refractivity contribution >= 4 is 20.8 Å². The summed E-state index contributed by atoms with van der Waals surface area (Å²) in [5, 5.41) is 8.36. The third-order valence-corrected chi connectivity index (χ3v) is 0.591. The molecule has 0 aromatic heterocycles. The highest BCUT2D eigenvalue weighted by molar-refractivity contribution is 8.18. The summed E-state index contributed by atoms with van der Waals surface area (Å²) in [7, 11) is -2.29. The number of hydrogen-bond acceptors (Lipinski definition) is 3. The van der Waals surface area contributed by atoms with Crippen LogP contribution >= 0.6 is 0 Å². The molecule has 2 atom stereocenters. The van der Waals surface area contributed by atoms with E-state index in [0.29, 0.717) is 0 Å². The van der Waals surface area contributed by atoms with Crippen LogP contribution in [-0.2, 0) is 20.8 Å². The number of aliphatic hydroxyl groups excluding tert-OH is 1. The van der Waals surface area contributed by atoms with E-state index in [9.17, 15) is 0 Å². The Morgan fingerprint density at radius 3 is 1.89 bits per heavy atom. The summed E-state index contributed by atoms with van der Waals surface area (Å²) in [4.78, 5) is 0. The van der Waals surface area contributed by atoms with Gasteiger partial charge in [-0.15, -0.1) is 0 Å². The van der Waals surface area contributed by atoms with E-state index in [4.69, 9.17) is 13.9 Å². The standard InChI is InChI=1S/C4H10O.H2O2S2/c1-3-4(2)5;1-4(2)3/h4-5H,3H2,1-2H3;4H,(H,1,2,3). The molecule has 0 fully saturated rings. The van der Waals surface area contributed by atoms with E-state index in [-0.39, 0.29) is 6.10 Å². The predicted octanol–water partition coefficient (Wildman–Crippen LogP) is 0.180. The molecule has 0 aromatic rings. The van der Waals surface area contributed by atoms with Crippen molar-refractivity contribution < 1.29 is 13.9 Å². The molecular weight excluding hydrogens is 160 g/mol. The van der Waals surface area contributed by atoms with Gasteiger partial charge in [0.2, 0.25) is 0 Å². The fourth-order valence-electron chi connectivity index (χ4n) is 0. The molecule has 0 aliphatic carbocycles. The van der Waals surface area contributed by atoms with E-state index < -0.39 is 9.64 Å². The van der Waals surface area contributed by atoms with Gasteiger partial charge in [0.25, 0.3) is 0 Å². The third-order valence-electron chi connectivity index (χ3n) is 0.591. The lowest BCUT2D eigenvalue weighted by Gasteiger charge is -1.90. The Hall–Kier alpha value is 0.290. The Labute approximate surface area is 61.6 Å². The second kappa shape index (κ2) is 8.29. The first kappa shape index (κ1) is 12.0. The van der Waals surface area contributed by atoms with Crippen LogP contribution in [0.5, 0.6) is 0 Å². The van der Waals surface area contributed by atoms with Crippen LogP contribution in [0.3, 0.4) is 0 Å². The average Bonchev–Trinajstić information content (AvgIpc) is 1.65. The first-order valence-corrected chi connectivity index (χ1v) is 4.74. The van der Waals surface area contributed by atoms with Crippen LogP contribution in [0.15, 0.2) is 0 Å². The molecule has 58 valence electrons. The van der Waals surface area contributed by atoms with Crippen LogP contribution in [-0.4, -0.2) is 20.0 Å². The Bertz CT molecular complexity index is 100. The molecule has 0 aromatic carbocycles. The highest BCUT2D eigenvalue weighted by Crippen LogP contribution is 1.81. The van der Waals surface area contributed by atoms with Crippen molar-refractivity contribution in [1.82, 2.24) is 0 Å². The van der Waals surface area contributed by atoms with Gasteiger partial charge < -0.3 is 9.66 Å². The molecule has 0 aliphatic heterocycles. The van der Waals surface area contributed by atoms with Gasteiger partial charge in [-0.25, -0.2) is 4.21 Å². The predicted molar refractivity (Wildman–Crippen MR) is 41.5 cm³/mol. The lowest BCUT2D eigenvalue weighted by molar-refractivity contribution is 0.191. The molecule has 0 aliphatic rings. The van der Waals surface area contributed by atoms with Gasteiger partial charge in [0.15, 0.2) is 0 Å². The monoisotopic (exact) mass is 172 g/mol. The minimum absolute atomic E-state index is 0.116. The second-order valence-electron chi connectivity index (χ2n) is 1.50. The Balaban J connectivity index is 0. The van der Waals surface area contributed by atoms with Crippen molar-refractivity contribution in [3.63, 3.8) is 0 Å². The van der Waals surface area contributed by atoms with E-state index in [1.165, 1.54) is 0 Å². The van der Waals surface area contributed by atoms with Crippen LogP contribution in [0.25, 0.3) is 0 Å².